The highest BCUT2D eigenvalue weighted by atomic mass is 79.9. The highest BCUT2D eigenvalue weighted by Gasteiger charge is 2.12. The average molecular weight is 361 g/mol. The van der Waals surface area contributed by atoms with Crippen LogP contribution in [0.5, 0.6) is 0 Å². The smallest absolute Gasteiger partial charge is 0.201 e. The summed E-state index contributed by atoms with van der Waals surface area (Å²) >= 11 is 10.8. The number of halogens is 3. The Morgan fingerprint density at radius 1 is 1.42 bits per heavy atom. The highest BCUT2D eigenvalue weighted by Crippen LogP contribution is 2.27. The summed E-state index contributed by atoms with van der Waals surface area (Å²) in [5, 5.41) is 2.07. The topological polar surface area (TPSA) is 43.8 Å². The molecular weight excluding hydrogens is 353 g/mol. The van der Waals surface area contributed by atoms with Gasteiger partial charge in [0, 0.05) is 20.8 Å². The number of aromatic nitrogens is 2. The van der Waals surface area contributed by atoms with E-state index in [1.807, 2.05) is 16.0 Å². The minimum absolute atomic E-state index is 0.0704. The van der Waals surface area contributed by atoms with Crippen LogP contribution in [-0.2, 0) is 6.54 Å². The van der Waals surface area contributed by atoms with Gasteiger partial charge in [0.15, 0.2) is 0 Å². The van der Waals surface area contributed by atoms with Gasteiger partial charge >= 0.3 is 0 Å². The summed E-state index contributed by atoms with van der Waals surface area (Å²) in [5.74, 6) is -0.140. The lowest BCUT2D eigenvalue weighted by Gasteiger charge is -2.04. The second kappa shape index (κ2) is 4.77. The van der Waals surface area contributed by atoms with E-state index in [2.05, 4.69) is 20.9 Å². The van der Waals surface area contributed by atoms with Crippen LogP contribution in [0.15, 0.2) is 28.1 Å². The van der Waals surface area contributed by atoms with E-state index >= 15 is 0 Å². The van der Waals surface area contributed by atoms with Crippen LogP contribution < -0.4 is 5.73 Å². The van der Waals surface area contributed by atoms with Gasteiger partial charge in [-0.25, -0.2) is 9.37 Å². The number of hydrogen-bond acceptors (Lipinski definition) is 3. The summed E-state index contributed by atoms with van der Waals surface area (Å²) in [6.45, 7) is 0.584. The molecule has 0 unspecified atom stereocenters. The maximum atomic E-state index is 13.4. The lowest BCUT2D eigenvalue weighted by molar-refractivity contribution is 0.629. The number of nitrogens with two attached hydrogens (primary N) is 1. The zero-order valence-electron chi connectivity index (χ0n) is 9.53. The lowest BCUT2D eigenvalue weighted by Crippen LogP contribution is -2.03. The van der Waals surface area contributed by atoms with E-state index in [0.29, 0.717) is 18.0 Å². The van der Waals surface area contributed by atoms with Gasteiger partial charge in [-0.15, -0.1) is 11.3 Å². The Balaban J connectivity index is 2.12. The molecule has 3 nitrogen and oxygen atoms in total. The summed E-state index contributed by atoms with van der Waals surface area (Å²) < 4.78 is 16.2. The van der Waals surface area contributed by atoms with Crippen molar-refractivity contribution in [3.63, 3.8) is 0 Å². The van der Waals surface area contributed by atoms with Gasteiger partial charge in [0.25, 0.3) is 0 Å². The molecule has 0 radical (unpaired) electrons. The van der Waals surface area contributed by atoms with Gasteiger partial charge in [-0.3, -0.25) is 0 Å². The first-order valence-electron chi connectivity index (χ1n) is 5.38. The zero-order valence-corrected chi connectivity index (χ0v) is 12.7. The van der Waals surface area contributed by atoms with Crippen molar-refractivity contribution in [2.75, 3.05) is 5.73 Å². The first-order chi connectivity index (χ1) is 9.04. The van der Waals surface area contributed by atoms with Crippen LogP contribution in [0.25, 0.3) is 11.0 Å². The van der Waals surface area contributed by atoms with Gasteiger partial charge in [0.2, 0.25) is 5.95 Å². The van der Waals surface area contributed by atoms with Crippen molar-refractivity contribution in [2.45, 2.75) is 6.54 Å². The summed E-state index contributed by atoms with van der Waals surface area (Å²) in [6.07, 6.45) is 0. The number of imidazole rings is 1. The Bertz CT molecular complexity index is 768. The number of fused-ring (bicyclic) bond motifs is 1. The lowest BCUT2D eigenvalue weighted by atomic mass is 10.3. The molecule has 0 bridgehead atoms. The third-order valence-corrected chi connectivity index (χ3v) is 4.73. The van der Waals surface area contributed by atoms with Crippen molar-refractivity contribution in [3.8, 4) is 0 Å². The van der Waals surface area contributed by atoms with E-state index in [1.165, 1.54) is 6.07 Å². The summed E-state index contributed by atoms with van der Waals surface area (Å²) in [7, 11) is 0. The van der Waals surface area contributed by atoms with Gasteiger partial charge in [-0.05, 0) is 28.1 Å². The van der Waals surface area contributed by atoms with Crippen molar-refractivity contribution in [2.24, 2.45) is 0 Å². The maximum absolute atomic E-state index is 13.4. The molecular formula is C12H8BrClFN3S. The normalized spacial score (nSPS) is 11.3. The first kappa shape index (κ1) is 12.9. The molecule has 0 saturated carbocycles. The van der Waals surface area contributed by atoms with Crippen molar-refractivity contribution in [1.29, 1.82) is 0 Å². The SMILES string of the molecule is Nc1nc2cc(F)c(Cl)cc2n1Cc1cc(Br)cs1. The average Bonchev–Trinajstić information content (AvgIpc) is 2.87. The van der Waals surface area contributed by atoms with Crippen LogP contribution in [0.2, 0.25) is 5.02 Å². The second-order valence-electron chi connectivity index (χ2n) is 4.04. The van der Waals surface area contributed by atoms with Crippen molar-refractivity contribution >= 4 is 55.8 Å². The third kappa shape index (κ3) is 2.35. The largest absolute Gasteiger partial charge is 0.369 e. The summed E-state index contributed by atoms with van der Waals surface area (Å²) in [4.78, 5) is 5.28. The van der Waals surface area contributed by atoms with Crippen LogP contribution in [-0.4, -0.2) is 9.55 Å². The molecule has 2 aromatic heterocycles. The second-order valence-corrected chi connectivity index (χ2v) is 6.36. The standard InChI is InChI=1S/C12H8BrClFN3S/c13-6-1-7(19-5-6)4-18-11-2-8(14)9(15)3-10(11)17-12(18)16/h1-3,5H,4H2,(H2,16,17). The first-order valence-corrected chi connectivity index (χ1v) is 7.43. The molecule has 0 aliphatic heterocycles. The van der Waals surface area contributed by atoms with E-state index in [4.69, 9.17) is 17.3 Å². The number of thiophene rings is 1. The molecule has 98 valence electrons. The molecule has 0 saturated heterocycles. The van der Waals surface area contributed by atoms with Gasteiger partial charge < -0.3 is 10.3 Å². The fourth-order valence-corrected chi connectivity index (χ4v) is 3.49. The molecule has 0 spiro atoms. The Morgan fingerprint density at radius 3 is 2.89 bits per heavy atom. The quantitative estimate of drug-likeness (QED) is 0.741. The van der Waals surface area contributed by atoms with Crippen LogP contribution in [0.4, 0.5) is 10.3 Å². The van der Waals surface area contributed by atoms with E-state index in [0.717, 1.165) is 14.9 Å². The number of anilines is 1. The van der Waals surface area contributed by atoms with Crippen LogP contribution >= 0.6 is 38.9 Å². The molecule has 0 amide bonds. The van der Waals surface area contributed by atoms with Gasteiger partial charge in [-0.2, -0.15) is 0 Å². The molecule has 3 aromatic rings. The number of benzene rings is 1. The van der Waals surface area contributed by atoms with Gasteiger partial charge in [-0.1, -0.05) is 11.6 Å². The fraction of sp³-hybridized carbons (Fsp3) is 0.0833. The van der Waals surface area contributed by atoms with E-state index < -0.39 is 5.82 Å². The summed E-state index contributed by atoms with van der Waals surface area (Å²) in [6, 6.07) is 4.87. The molecule has 0 fully saturated rings. The van der Waals surface area contributed by atoms with Crippen LogP contribution in [0.3, 0.4) is 0 Å². The molecule has 0 atom stereocenters. The van der Waals surface area contributed by atoms with Gasteiger partial charge in [0.1, 0.15) is 5.82 Å². The van der Waals surface area contributed by atoms with Crippen LogP contribution in [0, 0.1) is 5.82 Å². The minimum atomic E-state index is -0.488. The van der Waals surface area contributed by atoms with Gasteiger partial charge in [0.05, 0.1) is 22.6 Å². The molecule has 19 heavy (non-hydrogen) atoms. The van der Waals surface area contributed by atoms with Crippen molar-refractivity contribution in [1.82, 2.24) is 9.55 Å². The Labute approximate surface area is 125 Å². The molecule has 7 heteroatoms. The molecule has 0 aliphatic rings. The Hall–Kier alpha value is -1.11. The number of hydrogen-bond donors (Lipinski definition) is 1. The highest BCUT2D eigenvalue weighted by molar-refractivity contribution is 9.10. The monoisotopic (exact) mass is 359 g/mol. The predicted octanol–water partition coefficient (Wildman–Crippen LogP) is 4.28. The van der Waals surface area contributed by atoms with Crippen LogP contribution in [0.1, 0.15) is 4.88 Å². The Morgan fingerprint density at radius 2 is 2.21 bits per heavy atom. The number of nitrogens with zero attached hydrogens (tertiary/aromatic N) is 2. The molecule has 2 N–H and O–H groups in total. The third-order valence-electron chi connectivity index (χ3n) is 2.76. The Kier molecular flexibility index (Phi) is 3.24. The van der Waals surface area contributed by atoms with Crippen molar-refractivity contribution in [3.05, 3.63) is 43.8 Å². The predicted molar refractivity (Wildman–Crippen MR) is 80.2 cm³/mol. The molecule has 2 heterocycles. The minimum Gasteiger partial charge on any atom is -0.369 e. The van der Waals surface area contributed by atoms with E-state index in [9.17, 15) is 4.39 Å². The van der Waals surface area contributed by atoms with E-state index in [1.54, 1.807) is 17.4 Å². The maximum Gasteiger partial charge on any atom is 0.201 e. The van der Waals surface area contributed by atoms with Crippen molar-refractivity contribution < 1.29 is 4.39 Å². The number of rotatable bonds is 2. The van der Waals surface area contributed by atoms with E-state index in [-0.39, 0.29) is 5.02 Å². The number of nitrogen functional groups attached to an aromatic ring is 1. The fourth-order valence-electron chi connectivity index (χ4n) is 1.90. The molecule has 0 aliphatic carbocycles. The zero-order chi connectivity index (χ0) is 13.6. The summed E-state index contributed by atoms with van der Waals surface area (Å²) in [5.41, 5.74) is 7.13. The molecule has 1 aromatic carbocycles. The molecule has 3 rings (SSSR count).